The van der Waals surface area contributed by atoms with E-state index in [0.29, 0.717) is 23.7 Å². The largest absolute Gasteiger partial charge is 0.459 e. The minimum Gasteiger partial charge on any atom is -0.459 e. The second-order valence-corrected chi connectivity index (χ2v) is 6.95. The summed E-state index contributed by atoms with van der Waals surface area (Å²) in [6.07, 6.45) is 3.65. The molecule has 0 aromatic carbocycles. The van der Waals surface area contributed by atoms with Crippen LogP contribution in [0.25, 0.3) is 10.8 Å². The lowest BCUT2D eigenvalue weighted by molar-refractivity contribution is -0.129. The minimum absolute atomic E-state index is 0.143. The van der Waals surface area contributed by atoms with Crippen LogP contribution in [-0.2, 0) is 18.4 Å². The predicted octanol–water partition coefficient (Wildman–Crippen LogP) is 2.80. The number of urea groups is 1. The van der Waals surface area contributed by atoms with E-state index >= 15 is 0 Å². The first kappa shape index (κ1) is 16.5. The Bertz CT molecular complexity index is 973. The molecule has 3 amide bonds. The third-order valence-corrected chi connectivity index (χ3v) is 5.04. The maximum atomic E-state index is 12.8. The fourth-order valence-electron chi connectivity index (χ4n) is 2.84. The first-order chi connectivity index (χ1) is 12.5. The van der Waals surface area contributed by atoms with Crippen LogP contribution in [0.15, 0.2) is 34.3 Å². The highest BCUT2D eigenvalue weighted by Crippen LogP contribution is 2.27. The van der Waals surface area contributed by atoms with Gasteiger partial charge in [-0.15, -0.1) is 11.3 Å². The molecule has 0 N–H and O–H groups in total. The van der Waals surface area contributed by atoms with Crippen molar-refractivity contribution in [1.82, 2.24) is 19.7 Å². The van der Waals surface area contributed by atoms with Crippen molar-refractivity contribution in [3.8, 4) is 10.8 Å². The maximum Gasteiger partial charge on any atom is 0.331 e. The molecule has 0 radical (unpaired) electrons. The highest BCUT2D eigenvalue weighted by molar-refractivity contribution is 7.13. The third-order valence-electron chi connectivity index (χ3n) is 4.14. The van der Waals surface area contributed by atoms with Gasteiger partial charge in [0.15, 0.2) is 10.8 Å². The number of hydrogen-bond donors (Lipinski definition) is 0. The third kappa shape index (κ3) is 3.01. The van der Waals surface area contributed by atoms with Crippen LogP contribution in [0.4, 0.5) is 10.5 Å². The summed E-state index contributed by atoms with van der Waals surface area (Å²) in [6.45, 7) is 2.37. The number of amides is 3. The lowest BCUT2D eigenvalue weighted by Gasteiger charge is -2.32. The van der Waals surface area contributed by atoms with E-state index in [1.165, 1.54) is 16.2 Å². The van der Waals surface area contributed by atoms with Crippen LogP contribution in [0.5, 0.6) is 0 Å². The Labute approximate surface area is 153 Å². The number of thiazole rings is 1. The summed E-state index contributed by atoms with van der Waals surface area (Å²) in [5.74, 6) is 1.30. The van der Waals surface area contributed by atoms with E-state index in [1.54, 1.807) is 29.0 Å². The van der Waals surface area contributed by atoms with Gasteiger partial charge in [-0.1, -0.05) is 0 Å². The van der Waals surface area contributed by atoms with Crippen molar-refractivity contribution >= 4 is 29.0 Å². The number of carbonyl (C=O) groups excluding carboxylic acids is 2. The first-order valence-corrected chi connectivity index (χ1v) is 9.01. The average molecular weight is 371 g/mol. The Morgan fingerprint density at radius 3 is 2.85 bits per heavy atom. The molecular weight excluding hydrogens is 354 g/mol. The number of carbonyl (C=O) groups is 2. The van der Waals surface area contributed by atoms with Crippen LogP contribution in [0.3, 0.4) is 0 Å². The molecule has 0 atom stereocenters. The zero-order valence-electron chi connectivity index (χ0n) is 14.4. The van der Waals surface area contributed by atoms with Gasteiger partial charge < -0.3 is 4.42 Å². The Morgan fingerprint density at radius 1 is 1.31 bits per heavy atom. The van der Waals surface area contributed by atoms with Crippen molar-refractivity contribution < 1.29 is 14.0 Å². The summed E-state index contributed by atoms with van der Waals surface area (Å²) in [4.78, 5) is 32.4. The summed E-state index contributed by atoms with van der Waals surface area (Å²) in [5.41, 5.74) is 1.34. The Balaban J connectivity index is 1.53. The summed E-state index contributed by atoms with van der Waals surface area (Å²) < 4.78 is 7.20. The maximum absolute atomic E-state index is 12.8. The van der Waals surface area contributed by atoms with Crippen LogP contribution in [0.2, 0.25) is 0 Å². The molecule has 4 rings (SSSR count). The smallest absolute Gasteiger partial charge is 0.331 e. The number of rotatable bonds is 4. The molecular formula is C17H17N5O3S. The zero-order valence-corrected chi connectivity index (χ0v) is 15.2. The van der Waals surface area contributed by atoms with Gasteiger partial charge in [0.25, 0.3) is 0 Å². The number of aromatic nitrogens is 3. The lowest BCUT2D eigenvalue weighted by Crippen LogP contribution is -2.52. The van der Waals surface area contributed by atoms with Crippen LogP contribution in [0, 0.1) is 6.92 Å². The van der Waals surface area contributed by atoms with Gasteiger partial charge in [-0.25, -0.2) is 9.78 Å². The van der Waals surface area contributed by atoms with Crippen molar-refractivity contribution in [3.05, 3.63) is 41.4 Å². The molecule has 0 saturated carbocycles. The molecule has 3 aromatic rings. The normalized spacial score (nSPS) is 15.2. The van der Waals surface area contributed by atoms with Crippen LogP contribution in [-0.4, -0.2) is 38.1 Å². The monoisotopic (exact) mass is 371 g/mol. The van der Waals surface area contributed by atoms with Gasteiger partial charge in [-0.3, -0.25) is 19.3 Å². The molecule has 1 aliphatic rings. The zero-order chi connectivity index (χ0) is 18.3. The quantitative estimate of drug-likeness (QED) is 0.704. The molecule has 9 heteroatoms. The number of anilines is 1. The van der Waals surface area contributed by atoms with E-state index in [2.05, 4.69) is 10.1 Å². The van der Waals surface area contributed by atoms with Crippen molar-refractivity contribution in [2.45, 2.75) is 19.9 Å². The van der Waals surface area contributed by atoms with Gasteiger partial charge in [-0.2, -0.15) is 5.10 Å². The summed E-state index contributed by atoms with van der Waals surface area (Å²) >= 11 is 1.43. The fourth-order valence-corrected chi connectivity index (χ4v) is 3.61. The van der Waals surface area contributed by atoms with Crippen molar-refractivity contribution in [3.63, 3.8) is 0 Å². The second-order valence-electron chi connectivity index (χ2n) is 6.09. The van der Waals surface area contributed by atoms with Gasteiger partial charge in [0.2, 0.25) is 5.91 Å². The molecule has 0 bridgehead atoms. The fraction of sp³-hybridized carbons (Fsp3) is 0.294. The van der Waals surface area contributed by atoms with Crippen molar-refractivity contribution in [1.29, 1.82) is 0 Å². The van der Waals surface area contributed by atoms with E-state index in [4.69, 9.17) is 4.42 Å². The minimum atomic E-state index is -0.349. The molecule has 26 heavy (non-hydrogen) atoms. The van der Waals surface area contributed by atoms with E-state index in [-0.39, 0.29) is 24.9 Å². The molecule has 1 aliphatic heterocycles. The number of nitrogens with zero attached hydrogens (tertiary/aromatic N) is 5. The summed E-state index contributed by atoms with van der Waals surface area (Å²) in [7, 11) is 1.79. The predicted molar refractivity (Wildman–Crippen MR) is 95.7 cm³/mol. The summed E-state index contributed by atoms with van der Waals surface area (Å²) in [6, 6.07) is 3.39. The molecule has 3 aromatic heterocycles. The number of hydrogen-bond acceptors (Lipinski definition) is 6. The Hall–Kier alpha value is -2.94. The number of furan rings is 1. The van der Waals surface area contributed by atoms with E-state index < -0.39 is 0 Å². The Kier molecular flexibility index (Phi) is 4.08. The molecule has 4 heterocycles. The molecule has 0 unspecified atom stereocenters. The molecule has 0 spiro atoms. The van der Waals surface area contributed by atoms with Gasteiger partial charge in [0, 0.05) is 31.6 Å². The van der Waals surface area contributed by atoms with E-state index in [0.717, 1.165) is 10.8 Å². The topological polar surface area (TPSA) is 84.5 Å². The summed E-state index contributed by atoms with van der Waals surface area (Å²) in [5, 5.41) is 6.67. The molecule has 134 valence electrons. The molecule has 8 nitrogen and oxygen atoms in total. The molecule has 0 aliphatic carbocycles. The van der Waals surface area contributed by atoms with Gasteiger partial charge in [0.1, 0.15) is 5.76 Å². The number of aryl methyl sites for hydroxylation is 2. The van der Waals surface area contributed by atoms with Crippen LogP contribution < -0.4 is 4.90 Å². The van der Waals surface area contributed by atoms with Crippen molar-refractivity contribution in [2.75, 3.05) is 11.4 Å². The average Bonchev–Trinajstić information content (AvgIpc) is 3.33. The van der Waals surface area contributed by atoms with Crippen LogP contribution >= 0.6 is 11.3 Å². The van der Waals surface area contributed by atoms with E-state index in [1.807, 2.05) is 24.4 Å². The van der Waals surface area contributed by atoms with Gasteiger partial charge >= 0.3 is 6.03 Å². The van der Waals surface area contributed by atoms with Gasteiger partial charge in [0.05, 0.1) is 24.1 Å². The Morgan fingerprint density at radius 2 is 2.15 bits per heavy atom. The highest BCUT2D eigenvalue weighted by Gasteiger charge is 2.33. The highest BCUT2D eigenvalue weighted by atomic mass is 32.1. The lowest BCUT2D eigenvalue weighted by atomic mass is 10.2. The van der Waals surface area contributed by atoms with E-state index in [9.17, 15) is 9.59 Å². The standard InChI is InChI=1S/C17H17N5O3S/c1-11-3-4-14(25-11)16-19-12(10-26-16)8-22-15(23)5-6-21(17(22)24)13-7-18-20(2)9-13/h3-4,7,9-10H,5-6,8H2,1-2H3. The van der Waals surface area contributed by atoms with Crippen LogP contribution in [0.1, 0.15) is 17.9 Å². The van der Waals surface area contributed by atoms with Gasteiger partial charge in [-0.05, 0) is 19.1 Å². The van der Waals surface area contributed by atoms with Crippen molar-refractivity contribution in [2.24, 2.45) is 7.05 Å². The first-order valence-electron chi connectivity index (χ1n) is 8.13. The molecule has 1 saturated heterocycles. The second kappa shape index (κ2) is 6.41. The number of imide groups is 1. The molecule has 1 fully saturated rings. The SMILES string of the molecule is Cc1ccc(-c2nc(CN3C(=O)CCN(c4cnn(C)c4)C3=O)cs2)o1.